The summed E-state index contributed by atoms with van der Waals surface area (Å²) < 4.78 is 5.22. The molecule has 8 nitrogen and oxygen atoms in total. The molecule has 1 aliphatic rings. The number of carbonyl (C=O) groups is 2. The molecule has 1 aliphatic heterocycles. The van der Waals surface area contributed by atoms with E-state index >= 15 is 0 Å². The van der Waals surface area contributed by atoms with Gasteiger partial charge in [-0.25, -0.2) is 0 Å². The fourth-order valence-electron chi connectivity index (χ4n) is 3.85. The van der Waals surface area contributed by atoms with E-state index < -0.39 is 0 Å². The Kier molecular flexibility index (Phi) is 5.47. The van der Waals surface area contributed by atoms with Gasteiger partial charge in [0.25, 0.3) is 0 Å². The number of ether oxygens (including phenoxy) is 1. The summed E-state index contributed by atoms with van der Waals surface area (Å²) in [5, 5.41) is 10.0. The first-order valence-electron chi connectivity index (χ1n) is 9.73. The standard InChI is InChI=1S/C22H23N5O3/c1-27-20(28)8-7-17(21(27)15-3-5-16(30-2)6-4-15)22(29)24-19-13-18(25-26-19)14-9-11-23-12-10-14/h3-6,9-13,17,21H,7-8H2,1-2H3,(H2,24,25,26,29). The van der Waals surface area contributed by atoms with Crippen LogP contribution in [0.15, 0.2) is 54.9 Å². The first-order chi connectivity index (χ1) is 14.6. The number of nitrogens with one attached hydrogen (secondary N) is 2. The summed E-state index contributed by atoms with van der Waals surface area (Å²) in [6.45, 7) is 0. The fraction of sp³-hybridized carbons (Fsp3) is 0.273. The summed E-state index contributed by atoms with van der Waals surface area (Å²) in [4.78, 5) is 31.1. The molecular weight excluding hydrogens is 382 g/mol. The Morgan fingerprint density at radius 1 is 1.20 bits per heavy atom. The molecular formula is C22H23N5O3. The van der Waals surface area contributed by atoms with Crippen LogP contribution in [0.4, 0.5) is 5.82 Å². The number of carbonyl (C=O) groups excluding carboxylic acids is 2. The van der Waals surface area contributed by atoms with Crippen molar-refractivity contribution >= 4 is 17.6 Å². The number of rotatable bonds is 5. The number of anilines is 1. The molecule has 2 N–H and O–H groups in total. The smallest absolute Gasteiger partial charge is 0.231 e. The fourth-order valence-corrected chi connectivity index (χ4v) is 3.85. The SMILES string of the molecule is COc1ccc(C2C(C(=O)Nc3cc(-c4ccncc4)[nH]n3)CCC(=O)N2C)cc1. The van der Waals surface area contributed by atoms with E-state index in [-0.39, 0.29) is 23.8 Å². The second kappa shape index (κ2) is 8.36. The summed E-state index contributed by atoms with van der Waals surface area (Å²) in [6.07, 6.45) is 4.21. The van der Waals surface area contributed by atoms with E-state index in [0.29, 0.717) is 18.7 Å². The third-order valence-electron chi connectivity index (χ3n) is 5.48. The van der Waals surface area contributed by atoms with Gasteiger partial charge in [-0.05, 0) is 36.2 Å². The highest BCUT2D eigenvalue weighted by Gasteiger charge is 2.39. The van der Waals surface area contributed by atoms with Crippen molar-refractivity contribution in [1.29, 1.82) is 0 Å². The Hall–Kier alpha value is -3.68. The van der Waals surface area contributed by atoms with Crippen molar-refractivity contribution in [2.45, 2.75) is 18.9 Å². The Bertz CT molecular complexity index is 1030. The highest BCUT2D eigenvalue weighted by Crippen LogP contribution is 2.37. The lowest BCUT2D eigenvalue weighted by atomic mass is 9.84. The maximum atomic E-state index is 13.1. The van der Waals surface area contributed by atoms with E-state index in [1.807, 2.05) is 36.4 Å². The largest absolute Gasteiger partial charge is 0.497 e. The number of pyridine rings is 1. The quantitative estimate of drug-likeness (QED) is 0.680. The van der Waals surface area contributed by atoms with Crippen LogP contribution in [0.3, 0.4) is 0 Å². The molecule has 0 radical (unpaired) electrons. The van der Waals surface area contributed by atoms with E-state index in [1.54, 1.807) is 37.5 Å². The number of methoxy groups -OCH3 is 1. The van der Waals surface area contributed by atoms with Gasteiger partial charge in [0.2, 0.25) is 11.8 Å². The number of H-pyrrole nitrogens is 1. The Balaban J connectivity index is 1.55. The number of aromatic amines is 1. The molecule has 3 heterocycles. The van der Waals surface area contributed by atoms with Crippen molar-refractivity contribution in [3.63, 3.8) is 0 Å². The molecule has 1 aromatic carbocycles. The zero-order chi connectivity index (χ0) is 21.1. The van der Waals surface area contributed by atoms with Crippen LogP contribution in [-0.4, -0.2) is 46.1 Å². The van der Waals surface area contributed by atoms with Crippen molar-refractivity contribution in [2.24, 2.45) is 5.92 Å². The van der Waals surface area contributed by atoms with Crippen molar-refractivity contribution in [3.05, 3.63) is 60.4 Å². The summed E-state index contributed by atoms with van der Waals surface area (Å²) >= 11 is 0. The van der Waals surface area contributed by atoms with E-state index in [0.717, 1.165) is 22.6 Å². The molecule has 2 atom stereocenters. The molecule has 2 aromatic heterocycles. The molecule has 0 bridgehead atoms. The first kappa shape index (κ1) is 19.6. The second-order valence-electron chi connectivity index (χ2n) is 7.26. The van der Waals surface area contributed by atoms with Crippen LogP contribution >= 0.6 is 0 Å². The van der Waals surface area contributed by atoms with Gasteiger partial charge in [-0.3, -0.25) is 19.7 Å². The van der Waals surface area contributed by atoms with Gasteiger partial charge < -0.3 is 15.0 Å². The highest BCUT2D eigenvalue weighted by atomic mass is 16.5. The van der Waals surface area contributed by atoms with Gasteiger partial charge >= 0.3 is 0 Å². The van der Waals surface area contributed by atoms with Crippen LogP contribution in [0.1, 0.15) is 24.4 Å². The van der Waals surface area contributed by atoms with Crippen molar-refractivity contribution in [2.75, 3.05) is 19.5 Å². The van der Waals surface area contributed by atoms with Crippen LogP contribution in [-0.2, 0) is 9.59 Å². The molecule has 8 heteroatoms. The Morgan fingerprint density at radius 3 is 2.63 bits per heavy atom. The lowest BCUT2D eigenvalue weighted by Crippen LogP contribution is -2.44. The molecule has 2 amide bonds. The van der Waals surface area contributed by atoms with Crippen molar-refractivity contribution in [3.8, 4) is 17.0 Å². The number of benzene rings is 1. The topological polar surface area (TPSA) is 100 Å². The molecule has 0 spiro atoms. The molecule has 1 saturated heterocycles. The summed E-state index contributed by atoms with van der Waals surface area (Å²) in [7, 11) is 3.35. The van der Waals surface area contributed by atoms with Gasteiger partial charge in [0.15, 0.2) is 5.82 Å². The van der Waals surface area contributed by atoms with Gasteiger partial charge in [0, 0.05) is 37.5 Å². The number of amides is 2. The maximum absolute atomic E-state index is 13.1. The summed E-state index contributed by atoms with van der Waals surface area (Å²) in [6, 6.07) is 12.6. The number of hydrogen-bond acceptors (Lipinski definition) is 5. The van der Waals surface area contributed by atoms with Crippen LogP contribution in [0.2, 0.25) is 0 Å². The number of hydrogen-bond donors (Lipinski definition) is 2. The van der Waals surface area contributed by atoms with Crippen molar-refractivity contribution in [1.82, 2.24) is 20.1 Å². The number of aromatic nitrogens is 3. The average molecular weight is 405 g/mol. The Labute approximate surface area is 174 Å². The van der Waals surface area contributed by atoms with E-state index in [4.69, 9.17) is 4.74 Å². The van der Waals surface area contributed by atoms with Gasteiger partial charge in [-0.15, -0.1) is 0 Å². The monoisotopic (exact) mass is 405 g/mol. The average Bonchev–Trinajstić information content (AvgIpc) is 3.24. The van der Waals surface area contributed by atoms with Gasteiger partial charge in [-0.1, -0.05) is 12.1 Å². The molecule has 0 aliphatic carbocycles. The van der Waals surface area contributed by atoms with Crippen molar-refractivity contribution < 1.29 is 14.3 Å². The normalized spacial score (nSPS) is 18.9. The molecule has 1 fully saturated rings. The number of piperidine rings is 1. The molecule has 2 unspecified atom stereocenters. The minimum absolute atomic E-state index is 0.0274. The zero-order valence-electron chi connectivity index (χ0n) is 16.8. The predicted octanol–water partition coefficient (Wildman–Crippen LogP) is 3.03. The second-order valence-corrected chi connectivity index (χ2v) is 7.26. The third-order valence-corrected chi connectivity index (χ3v) is 5.48. The highest BCUT2D eigenvalue weighted by molar-refractivity contribution is 5.94. The zero-order valence-corrected chi connectivity index (χ0v) is 16.8. The maximum Gasteiger partial charge on any atom is 0.231 e. The van der Waals surface area contributed by atoms with Crippen LogP contribution in [0, 0.1) is 5.92 Å². The Morgan fingerprint density at radius 2 is 1.93 bits per heavy atom. The van der Waals surface area contributed by atoms with Gasteiger partial charge in [-0.2, -0.15) is 5.10 Å². The lowest BCUT2D eigenvalue weighted by molar-refractivity contribution is -0.140. The molecule has 30 heavy (non-hydrogen) atoms. The first-order valence-corrected chi connectivity index (χ1v) is 9.73. The van der Waals surface area contributed by atoms with E-state index in [9.17, 15) is 9.59 Å². The van der Waals surface area contributed by atoms with E-state index in [1.165, 1.54) is 0 Å². The van der Waals surface area contributed by atoms with E-state index in [2.05, 4.69) is 20.5 Å². The number of likely N-dealkylation sites (tertiary alicyclic amines) is 1. The molecule has 154 valence electrons. The number of nitrogens with zero attached hydrogens (tertiary/aromatic N) is 3. The predicted molar refractivity (Wildman–Crippen MR) is 112 cm³/mol. The van der Waals surface area contributed by atoms with Crippen LogP contribution < -0.4 is 10.1 Å². The molecule has 0 saturated carbocycles. The minimum atomic E-state index is -0.387. The van der Waals surface area contributed by atoms with Gasteiger partial charge in [0.05, 0.1) is 24.8 Å². The minimum Gasteiger partial charge on any atom is -0.497 e. The summed E-state index contributed by atoms with van der Waals surface area (Å²) in [5.74, 6) is 0.647. The van der Waals surface area contributed by atoms with Crippen LogP contribution in [0.5, 0.6) is 5.75 Å². The molecule has 3 aromatic rings. The summed E-state index contributed by atoms with van der Waals surface area (Å²) in [5.41, 5.74) is 2.61. The molecule has 4 rings (SSSR count). The van der Waals surface area contributed by atoms with Gasteiger partial charge in [0.1, 0.15) is 5.75 Å². The lowest BCUT2D eigenvalue weighted by Gasteiger charge is -2.38. The third kappa shape index (κ3) is 3.89. The van der Waals surface area contributed by atoms with Crippen LogP contribution in [0.25, 0.3) is 11.3 Å².